The van der Waals surface area contributed by atoms with Crippen molar-refractivity contribution < 1.29 is 19.5 Å². The first-order valence-electron chi connectivity index (χ1n) is 7.53. The van der Waals surface area contributed by atoms with Crippen molar-refractivity contribution in [3.8, 4) is 0 Å². The first kappa shape index (κ1) is 18.8. The molecule has 1 heterocycles. The molecule has 0 spiro atoms. The van der Waals surface area contributed by atoms with Gasteiger partial charge in [0, 0.05) is 12.3 Å². The maximum Gasteiger partial charge on any atom is 0.327 e. The summed E-state index contributed by atoms with van der Waals surface area (Å²) in [5.41, 5.74) is 5.96. The van der Waals surface area contributed by atoms with Crippen molar-refractivity contribution in [1.29, 1.82) is 0 Å². The molecule has 1 fully saturated rings. The van der Waals surface area contributed by atoms with Crippen LogP contribution in [0, 0.1) is 5.92 Å². The van der Waals surface area contributed by atoms with E-state index in [4.69, 9.17) is 10.8 Å². The SMILES string of the molecule is CC[C@H](C)[C@H](N)C(=O)N1CCC[C@H]1C(=O)N[C@@H](CS)C(=O)O. The van der Waals surface area contributed by atoms with Gasteiger partial charge >= 0.3 is 5.97 Å². The average Bonchev–Trinajstić information content (AvgIpc) is 2.99. The molecular formula is C14H25N3O4S. The Hall–Kier alpha value is -1.28. The molecule has 1 aliphatic rings. The van der Waals surface area contributed by atoms with Crippen LogP contribution >= 0.6 is 12.6 Å². The fourth-order valence-corrected chi connectivity index (χ4v) is 2.69. The number of rotatable bonds is 7. The molecule has 1 saturated heterocycles. The maximum absolute atomic E-state index is 12.4. The number of carbonyl (C=O) groups is 3. The normalized spacial score (nSPS) is 22.0. The number of carboxylic acid groups (broad SMARTS) is 1. The highest BCUT2D eigenvalue weighted by Crippen LogP contribution is 2.20. The van der Waals surface area contributed by atoms with Crippen molar-refractivity contribution in [3.63, 3.8) is 0 Å². The van der Waals surface area contributed by atoms with Crippen LogP contribution in [0.3, 0.4) is 0 Å². The van der Waals surface area contributed by atoms with Gasteiger partial charge in [-0.25, -0.2) is 4.79 Å². The number of likely N-dealkylation sites (tertiary alicyclic amines) is 1. The predicted octanol–water partition coefficient (Wildman–Crippen LogP) is -0.150. The van der Waals surface area contributed by atoms with Crippen molar-refractivity contribution >= 4 is 30.4 Å². The molecular weight excluding hydrogens is 306 g/mol. The number of aliphatic carboxylic acids is 1. The van der Waals surface area contributed by atoms with E-state index in [9.17, 15) is 14.4 Å². The van der Waals surface area contributed by atoms with Crippen molar-refractivity contribution in [2.75, 3.05) is 12.3 Å². The maximum atomic E-state index is 12.4. The molecule has 22 heavy (non-hydrogen) atoms. The van der Waals surface area contributed by atoms with Crippen molar-refractivity contribution in [2.24, 2.45) is 11.7 Å². The van der Waals surface area contributed by atoms with E-state index in [0.717, 1.165) is 6.42 Å². The molecule has 0 bridgehead atoms. The predicted molar refractivity (Wildman–Crippen MR) is 85.6 cm³/mol. The van der Waals surface area contributed by atoms with Gasteiger partial charge in [0.1, 0.15) is 12.1 Å². The zero-order chi connectivity index (χ0) is 16.9. The Labute approximate surface area is 136 Å². The van der Waals surface area contributed by atoms with Crippen LogP contribution in [0.2, 0.25) is 0 Å². The summed E-state index contributed by atoms with van der Waals surface area (Å²) in [5.74, 6) is -1.82. The summed E-state index contributed by atoms with van der Waals surface area (Å²) in [6, 6.07) is -2.35. The lowest BCUT2D eigenvalue weighted by Crippen LogP contribution is -2.55. The summed E-state index contributed by atoms with van der Waals surface area (Å²) in [6.45, 7) is 4.32. The smallest absolute Gasteiger partial charge is 0.327 e. The molecule has 4 atom stereocenters. The van der Waals surface area contributed by atoms with Gasteiger partial charge in [-0.05, 0) is 18.8 Å². The van der Waals surface area contributed by atoms with Crippen LogP contribution in [-0.2, 0) is 14.4 Å². The van der Waals surface area contributed by atoms with Gasteiger partial charge in [-0.3, -0.25) is 9.59 Å². The van der Waals surface area contributed by atoms with Gasteiger partial charge in [0.15, 0.2) is 0 Å². The van der Waals surface area contributed by atoms with E-state index in [2.05, 4.69) is 17.9 Å². The Morgan fingerprint density at radius 1 is 1.45 bits per heavy atom. The third-order valence-corrected chi connectivity index (χ3v) is 4.54. The van der Waals surface area contributed by atoms with Gasteiger partial charge in [-0.1, -0.05) is 20.3 Å². The van der Waals surface area contributed by atoms with E-state index >= 15 is 0 Å². The standard InChI is InChI=1S/C14H25N3O4S/c1-3-8(2)11(15)13(19)17-6-4-5-10(17)12(18)16-9(7-22)14(20)21/h8-11,22H,3-7,15H2,1-2H3,(H,16,18)(H,20,21)/t8-,9-,10-,11-/m0/s1. The van der Waals surface area contributed by atoms with Crippen molar-refractivity contribution in [3.05, 3.63) is 0 Å². The number of hydrogen-bond acceptors (Lipinski definition) is 5. The molecule has 0 aromatic heterocycles. The zero-order valence-corrected chi connectivity index (χ0v) is 13.9. The molecule has 0 saturated carbocycles. The molecule has 126 valence electrons. The van der Waals surface area contributed by atoms with E-state index in [1.54, 1.807) is 0 Å². The minimum absolute atomic E-state index is 0.00583. The fraction of sp³-hybridized carbons (Fsp3) is 0.786. The second-order valence-corrected chi connectivity index (χ2v) is 6.05. The van der Waals surface area contributed by atoms with E-state index in [-0.39, 0.29) is 17.6 Å². The number of carbonyl (C=O) groups excluding carboxylic acids is 2. The Balaban J connectivity index is 2.75. The molecule has 7 nitrogen and oxygen atoms in total. The van der Waals surface area contributed by atoms with E-state index < -0.39 is 30.0 Å². The average molecular weight is 331 g/mol. The largest absolute Gasteiger partial charge is 0.480 e. The third kappa shape index (κ3) is 4.36. The Morgan fingerprint density at radius 3 is 2.59 bits per heavy atom. The number of nitrogens with zero attached hydrogens (tertiary/aromatic N) is 1. The zero-order valence-electron chi connectivity index (χ0n) is 13.0. The van der Waals surface area contributed by atoms with Gasteiger partial charge in [0.25, 0.3) is 0 Å². The van der Waals surface area contributed by atoms with Crippen LogP contribution in [0.25, 0.3) is 0 Å². The summed E-state index contributed by atoms with van der Waals surface area (Å²) < 4.78 is 0. The van der Waals surface area contributed by atoms with E-state index in [0.29, 0.717) is 19.4 Å². The second-order valence-electron chi connectivity index (χ2n) is 5.68. The van der Waals surface area contributed by atoms with Gasteiger partial charge < -0.3 is 21.1 Å². The van der Waals surface area contributed by atoms with E-state index in [1.807, 2.05) is 13.8 Å². The second kappa shape index (κ2) is 8.38. The van der Waals surface area contributed by atoms with Crippen molar-refractivity contribution in [1.82, 2.24) is 10.2 Å². The number of nitrogens with two attached hydrogens (primary N) is 1. The molecule has 1 rings (SSSR count). The summed E-state index contributed by atoms with van der Waals surface area (Å²) in [7, 11) is 0. The highest BCUT2D eigenvalue weighted by atomic mass is 32.1. The summed E-state index contributed by atoms with van der Waals surface area (Å²) in [4.78, 5) is 37.1. The first-order valence-corrected chi connectivity index (χ1v) is 8.16. The molecule has 1 aliphatic heterocycles. The number of nitrogens with one attached hydrogen (secondary N) is 1. The topological polar surface area (TPSA) is 113 Å². The Kier molecular flexibility index (Phi) is 7.15. The van der Waals surface area contributed by atoms with Crippen molar-refractivity contribution in [2.45, 2.75) is 51.2 Å². The first-order chi connectivity index (χ1) is 10.3. The highest BCUT2D eigenvalue weighted by Gasteiger charge is 2.38. The molecule has 0 aliphatic carbocycles. The lowest BCUT2D eigenvalue weighted by molar-refractivity contribution is -0.143. The minimum atomic E-state index is -1.14. The molecule has 0 aromatic carbocycles. The van der Waals surface area contributed by atoms with Crippen LogP contribution < -0.4 is 11.1 Å². The monoisotopic (exact) mass is 331 g/mol. The summed E-state index contributed by atoms with van der Waals surface area (Å²) in [5, 5.41) is 11.4. The van der Waals surface area contributed by atoms with Gasteiger partial charge in [0.2, 0.25) is 11.8 Å². The Bertz CT molecular complexity index is 432. The molecule has 2 amide bonds. The molecule has 8 heteroatoms. The van der Waals surface area contributed by atoms with Gasteiger partial charge in [-0.2, -0.15) is 12.6 Å². The van der Waals surface area contributed by atoms with Crippen LogP contribution in [0.5, 0.6) is 0 Å². The summed E-state index contributed by atoms with van der Waals surface area (Å²) >= 11 is 3.91. The summed E-state index contributed by atoms with van der Waals surface area (Å²) in [6.07, 6.45) is 2.00. The Morgan fingerprint density at radius 2 is 2.09 bits per heavy atom. The third-order valence-electron chi connectivity index (χ3n) is 4.18. The van der Waals surface area contributed by atoms with Crippen LogP contribution in [-0.4, -0.2) is 58.2 Å². The number of thiol groups is 1. The molecule has 0 unspecified atom stereocenters. The van der Waals surface area contributed by atoms with Gasteiger partial charge in [-0.15, -0.1) is 0 Å². The van der Waals surface area contributed by atoms with Crippen LogP contribution in [0.4, 0.5) is 0 Å². The minimum Gasteiger partial charge on any atom is -0.480 e. The van der Waals surface area contributed by atoms with Gasteiger partial charge in [0.05, 0.1) is 6.04 Å². The van der Waals surface area contributed by atoms with E-state index in [1.165, 1.54) is 4.90 Å². The van der Waals surface area contributed by atoms with Crippen LogP contribution in [0.15, 0.2) is 0 Å². The number of amides is 2. The number of carboxylic acids is 1. The number of hydrogen-bond donors (Lipinski definition) is 4. The highest BCUT2D eigenvalue weighted by molar-refractivity contribution is 7.80. The molecule has 0 radical (unpaired) electrons. The molecule has 0 aromatic rings. The van der Waals surface area contributed by atoms with Crippen LogP contribution in [0.1, 0.15) is 33.1 Å². The fourth-order valence-electron chi connectivity index (χ4n) is 2.45. The quantitative estimate of drug-likeness (QED) is 0.485. The lowest BCUT2D eigenvalue weighted by atomic mass is 9.98. The molecule has 4 N–H and O–H groups in total. The lowest BCUT2D eigenvalue weighted by Gasteiger charge is -2.29.